The van der Waals surface area contributed by atoms with Crippen LogP contribution in [-0.2, 0) is 4.79 Å². The monoisotopic (exact) mass is 349 g/mol. The molecule has 1 aromatic carbocycles. The number of ether oxygens (including phenoxy) is 2. The van der Waals surface area contributed by atoms with Crippen LogP contribution >= 0.6 is 11.8 Å². The van der Waals surface area contributed by atoms with Gasteiger partial charge in [-0.2, -0.15) is 0 Å². The first-order chi connectivity index (χ1) is 11.6. The van der Waals surface area contributed by atoms with Gasteiger partial charge < -0.3 is 14.4 Å². The van der Waals surface area contributed by atoms with Crippen molar-refractivity contribution < 1.29 is 14.3 Å². The van der Waals surface area contributed by atoms with Crippen molar-refractivity contribution in [1.82, 2.24) is 4.90 Å². The van der Waals surface area contributed by atoms with Gasteiger partial charge in [0.1, 0.15) is 0 Å². The molecule has 0 aromatic heterocycles. The highest BCUT2D eigenvalue weighted by Gasteiger charge is 2.24. The fourth-order valence-electron chi connectivity index (χ4n) is 3.31. The summed E-state index contributed by atoms with van der Waals surface area (Å²) in [5, 5.41) is 0. The van der Waals surface area contributed by atoms with Crippen molar-refractivity contribution in [3.8, 4) is 11.5 Å². The van der Waals surface area contributed by atoms with Crippen molar-refractivity contribution in [3.63, 3.8) is 0 Å². The SMILES string of the molecule is CC1CCC(N(C)C(=O)CSc2ccc3c(c2)OCCCO3)CC1. The topological polar surface area (TPSA) is 38.8 Å². The van der Waals surface area contributed by atoms with E-state index in [9.17, 15) is 4.79 Å². The van der Waals surface area contributed by atoms with Crippen molar-refractivity contribution in [2.24, 2.45) is 5.92 Å². The van der Waals surface area contributed by atoms with E-state index in [4.69, 9.17) is 9.47 Å². The first kappa shape index (κ1) is 17.5. The predicted octanol–water partition coefficient (Wildman–Crippen LogP) is 3.98. The molecule has 3 rings (SSSR count). The number of hydrogen-bond donors (Lipinski definition) is 0. The van der Waals surface area contributed by atoms with Gasteiger partial charge in [0.05, 0.1) is 19.0 Å². The normalized spacial score (nSPS) is 23.4. The van der Waals surface area contributed by atoms with Gasteiger partial charge in [-0.15, -0.1) is 11.8 Å². The summed E-state index contributed by atoms with van der Waals surface area (Å²) in [6.07, 6.45) is 5.64. The molecule has 1 aromatic rings. The Balaban J connectivity index is 1.53. The minimum Gasteiger partial charge on any atom is -0.490 e. The van der Waals surface area contributed by atoms with Crippen LogP contribution in [0.25, 0.3) is 0 Å². The summed E-state index contributed by atoms with van der Waals surface area (Å²) in [4.78, 5) is 15.5. The summed E-state index contributed by atoms with van der Waals surface area (Å²) >= 11 is 1.57. The van der Waals surface area contributed by atoms with Crippen LogP contribution in [0.2, 0.25) is 0 Å². The maximum atomic E-state index is 12.5. The van der Waals surface area contributed by atoms with E-state index in [1.54, 1.807) is 11.8 Å². The number of benzene rings is 1. The van der Waals surface area contributed by atoms with E-state index in [0.29, 0.717) is 25.0 Å². The number of carbonyl (C=O) groups is 1. The summed E-state index contributed by atoms with van der Waals surface area (Å²) < 4.78 is 11.4. The zero-order chi connectivity index (χ0) is 16.9. The van der Waals surface area contributed by atoms with E-state index < -0.39 is 0 Å². The minimum atomic E-state index is 0.215. The maximum absolute atomic E-state index is 12.5. The second-order valence-electron chi connectivity index (χ2n) is 6.87. The van der Waals surface area contributed by atoms with Gasteiger partial charge in [0.2, 0.25) is 5.91 Å². The van der Waals surface area contributed by atoms with E-state index in [1.165, 1.54) is 12.8 Å². The number of amides is 1. The highest BCUT2D eigenvalue weighted by Crippen LogP contribution is 2.34. The lowest BCUT2D eigenvalue weighted by atomic mass is 9.87. The average molecular weight is 349 g/mol. The van der Waals surface area contributed by atoms with E-state index >= 15 is 0 Å². The van der Waals surface area contributed by atoms with Crippen LogP contribution in [0, 0.1) is 5.92 Å². The van der Waals surface area contributed by atoms with Gasteiger partial charge >= 0.3 is 0 Å². The second-order valence-corrected chi connectivity index (χ2v) is 7.91. The summed E-state index contributed by atoms with van der Waals surface area (Å²) in [6.45, 7) is 3.68. The Morgan fingerprint density at radius 1 is 1.17 bits per heavy atom. The third-order valence-corrected chi connectivity index (χ3v) is 5.99. The largest absolute Gasteiger partial charge is 0.490 e. The number of hydrogen-bond acceptors (Lipinski definition) is 4. The van der Waals surface area contributed by atoms with Crippen LogP contribution in [0.3, 0.4) is 0 Å². The molecule has 0 radical (unpaired) electrons. The first-order valence-electron chi connectivity index (χ1n) is 8.91. The van der Waals surface area contributed by atoms with Crippen LogP contribution in [0.4, 0.5) is 0 Å². The van der Waals surface area contributed by atoms with Crippen LogP contribution in [0.15, 0.2) is 23.1 Å². The van der Waals surface area contributed by atoms with Crippen molar-refractivity contribution in [1.29, 1.82) is 0 Å². The van der Waals surface area contributed by atoms with Gasteiger partial charge in [-0.05, 0) is 49.8 Å². The molecule has 24 heavy (non-hydrogen) atoms. The Kier molecular flexibility index (Phi) is 5.93. The lowest BCUT2D eigenvalue weighted by Crippen LogP contribution is -2.40. The molecule has 132 valence electrons. The van der Waals surface area contributed by atoms with E-state index in [0.717, 1.165) is 41.6 Å². The average Bonchev–Trinajstić information content (AvgIpc) is 2.84. The fraction of sp³-hybridized carbons (Fsp3) is 0.632. The third kappa shape index (κ3) is 4.38. The molecule has 1 aliphatic carbocycles. The maximum Gasteiger partial charge on any atom is 0.232 e. The molecule has 1 aliphatic heterocycles. The van der Waals surface area contributed by atoms with Crippen LogP contribution in [0.1, 0.15) is 39.0 Å². The Morgan fingerprint density at radius 3 is 2.62 bits per heavy atom. The summed E-state index contributed by atoms with van der Waals surface area (Å²) in [6, 6.07) is 6.35. The number of rotatable bonds is 4. The third-order valence-electron chi connectivity index (χ3n) is 5.01. The van der Waals surface area contributed by atoms with Crippen molar-refractivity contribution >= 4 is 17.7 Å². The summed E-state index contributed by atoms with van der Waals surface area (Å²) in [5.41, 5.74) is 0. The Hall–Kier alpha value is -1.36. The lowest BCUT2D eigenvalue weighted by molar-refractivity contribution is -0.129. The van der Waals surface area contributed by atoms with Gasteiger partial charge in [0.15, 0.2) is 11.5 Å². The highest BCUT2D eigenvalue weighted by molar-refractivity contribution is 8.00. The van der Waals surface area contributed by atoms with Crippen molar-refractivity contribution in [3.05, 3.63) is 18.2 Å². The molecular weight excluding hydrogens is 322 g/mol. The molecule has 4 nitrogen and oxygen atoms in total. The molecule has 0 N–H and O–H groups in total. The smallest absolute Gasteiger partial charge is 0.232 e. The number of carbonyl (C=O) groups excluding carboxylic acids is 1. The van der Waals surface area contributed by atoms with E-state index in [1.807, 2.05) is 30.1 Å². The van der Waals surface area contributed by atoms with E-state index in [2.05, 4.69) is 6.92 Å². The van der Waals surface area contributed by atoms with Crippen LogP contribution in [0.5, 0.6) is 11.5 Å². The number of nitrogens with zero attached hydrogens (tertiary/aromatic N) is 1. The molecule has 1 fully saturated rings. The molecule has 5 heteroatoms. The molecule has 2 aliphatic rings. The van der Waals surface area contributed by atoms with Gasteiger partial charge in [-0.3, -0.25) is 4.79 Å². The first-order valence-corrected chi connectivity index (χ1v) is 9.90. The second kappa shape index (κ2) is 8.15. The zero-order valence-corrected chi connectivity index (χ0v) is 15.4. The van der Waals surface area contributed by atoms with Crippen LogP contribution < -0.4 is 9.47 Å². The van der Waals surface area contributed by atoms with Crippen LogP contribution in [-0.4, -0.2) is 42.9 Å². The minimum absolute atomic E-state index is 0.215. The Morgan fingerprint density at radius 2 is 1.88 bits per heavy atom. The molecule has 0 bridgehead atoms. The molecule has 1 amide bonds. The summed E-state index contributed by atoms with van der Waals surface area (Å²) in [5.74, 6) is 3.09. The molecule has 0 spiro atoms. The van der Waals surface area contributed by atoms with Gasteiger partial charge in [-0.1, -0.05) is 6.92 Å². The quantitative estimate of drug-likeness (QED) is 0.771. The molecule has 0 unspecified atom stereocenters. The predicted molar refractivity (Wildman–Crippen MR) is 97.0 cm³/mol. The van der Waals surface area contributed by atoms with Gasteiger partial charge in [-0.25, -0.2) is 0 Å². The molecule has 1 saturated carbocycles. The number of thioether (sulfide) groups is 1. The highest BCUT2D eigenvalue weighted by atomic mass is 32.2. The fourth-order valence-corrected chi connectivity index (χ4v) is 4.16. The van der Waals surface area contributed by atoms with Crippen molar-refractivity contribution in [2.45, 2.75) is 50.0 Å². The number of fused-ring (bicyclic) bond motifs is 1. The Labute approximate surface area is 148 Å². The Bertz CT molecular complexity index is 570. The van der Waals surface area contributed by atoms with Crippen molar-refractivity contribution in [2.75, 3.05) is 26.0 Å². The van der Waals surface area contributed by atoms with E-state index in [-0.39, 0.29) is 5.91 Å². The molecular formula is C19H27NO3S. The zero-order valence-electron chi connectivity index (χ0n) is 14.6. The van der Waals surface area contributed by atoms with Gasteiger partial charge in [0.25, 0.3) is 0 Å². The molecule has 0 atom stereocenters. The summed E-state index contributed by atoms with van der Waals surface area (Å²) in [7, 11) is 1.96. The van der Waals surface area contributed by atoms with Gasteiger partial charge in [0, 0.05) is 24.4 Å². The molecule has 1 heterocycles. The molecule has 0 saturated heterocycles. The lowest BCUT2D eigenvalue weighted by Gasteiger charge is -2.33. The standard InChI is InChI=1S/C19H27NO3S/c1-14-4-6-15(7-5-14)20(2)19(21)13-24-16-8-9-17-18(12-16)23-11-3-10-22-17/h8-9,12,14-15H,3-7,10-11,13H2,1-2H3.